The maximum Gasteiger partial charge on any atom is 0.317 e. The molecule has 3 nitrogen and oxygen atoms in total. The Morgan fingerprint density at radius 2 is 1.79 bits per heavy atom. The van der Waals surface area contributed by atoms with Crippen molar-refractivity contribution in [3.8, 4) is 0 Å². The molecule has 1 N–H and O–H groups in total. The fourth-order valence-electron chi connectivity index (χ4n) is 2.73. The van der Waals surface area contributed by atoms with Gasteiger partial charge in [-0.25, -0.2) is 4.79 Å². The van der Waals surface area contributed by atoms with Crippen molar-refractivity contribution in [3.63, 3.8) is 0 Å². The summed E-state index contributed by atoms with van der Waals surface area (Å²) in [5.74, 6) is 0.892. The highest BCUT2D eigenvalue weighted by molar-refractivity contribution is 5.74. The zero-order valence-electron chi connectivity index (χ0n) is 12.1. The van der Waals surface area contributed by atoms with E-state index in [1.807, 2.05) is 0 Å². The fourth-order valence-corrected chi connectivity index (χ4v) is 2.73. The average molecular weight is 264 g/mol. The predicted octanol–water partition coefficient (Wildman–Crippen LogP) is 3.73. The second kappa shape index (κ2) is 9.65. The summed E-state index contributed by atoms with van der Waals surface area (Å²) in [4.78, 5) is 13.6. The Kier molecular flexibility index (Phi) is 8.03. The number of amides is 2. The standard InChI is InChI=1S/C16H28N2O/c1-3-13-18(14-4-2)16(19)17-12-8-11-15-9-6-5-7-10-15/h3-4,15H,1-2,5-14H2,(H,17,19). The first-order valence-electron chi connectivity index (χ1n) is 7.52. The summed E-state index contributed by atoms with van der Waals surface area (Å²) in [6, 6.07) is -0.0107. The lowest BCUT2D eigenvalue weighted by atomic mass is 9.86. The van der Waals surface area contributed by atoms with Gasteiger partial charge in [0.1, 0.15) is 0 Å². The van der Waals surface area contributed by atoms with Gasteiger partial charge in [0.25, 0.3) is 0 Å². The zero-order chi connectivity index (χ0) is 13.9. The Hall–Kier alpha value is -1.25. The van der Waals surface area contributed by atoms with Crippen molar-refractivity contribution in [2.45, 2.75) is 44.9 Å². The number of rotatable bonds is 8. The minimum Gasteiger partial charge on any atom is -0.338 e. The summed E-state index contributed by atoms with van der Waals surface area (Å²) in [7, 11) is 0. The van der Waals surface area contributed by atoms with E-state index >= 15 is 0 Å². The van der Waals surface area contributed by atoms with E-state index in [2.05, 4.69) is 18.5 Å². The Balaban J connectivity index is 2.13. The molecule has 1 aliphatic rings. The van der Waals surface area contributed by atoms with Crippen LogP contribution in [0.25, 0.3) is 0 Å². The SMILES string of the molecule is C=CCN(CC=C)C(=O)NCCCC1CCCCC1. The topological polar surface area (TPSA) is 32.3 Å². The lowest BCUT2D eigenvalue weighted by molar-refractivity contribution is 0.207. The van der Waals surface area contributed by atoms with Crippen LogP contribution < -0.4 is 5.32 Å². The van der Waals surface area contributed by atoms with Crippen LogP contribution in [-0.2, 0) is 0 Å². The Morgan fingerprint density at radius 3 is 2.37 bits per heavy atom. The van der Waals surface area contributed by atoms with Gasteiger partial charge in [0.2, 0.25) is 0 Å². The average Bonchev–Trinajstić information content (AvgIpc) is 2.44. The number of nitrogens with one attached hydrogen (secondary N) is 1. The summed E-state index contributed by atoms with van der Waals surface area (Å²) in [6.45, 7) is 9.25. The molecule has 19 heavy (non-hydrogen) atoms. The van der Waals surface area contributed by atoms with Crippen molar-refractivity contribution in [1.29, 1.82) is 0 Å². The highest BCUT2D eigenvalue weighted by Gasteiger charge is 2.13. The minimum atomic E-state index is -0.0107. The monoisotopic (exact) mass is 264 g/mol. The third kappa shape index (κ3) is 6.46. The molecular weight excluding hydrogens is 236 g/mol. The second-order valence-electron chi connectivity index (χ2n) is 5.36. The van der Waals surface area contributed by atoms with Crippen LogP contribution in [0.1, 0.15) is 44.9 Å². The largest absolute Gasteiger partial charge is 0.338 e. The molecule has 1 saturated carbocycles. The highest BCUT2D eigenvalue weighted by atomic mass is 16.2. The van der Waals surface area contributed by atoms with Gasteiger partial charge < -0.3 is 10.2 Å². The van der Waals surface area contributed by atoms with Gasteiger partial charge in [-0.2, -0.15) is 0 Å². The first-order chi connectivity index (χ1) is 9.27. The third-order valence-corrected chi connectivity index (χ3v) is 3.78. The van der Waals surface area contributed by atoms with Crippen LogP contribution >= 0.6 is 0 Å². The fraction of sp³-hybridized carbons (Fsp3) is 0.688. The highest BCUT2D eigenvalue weighted by Crippen LogP contribution is 2.26. The van der Waals surface area contributed by atoms with Crippen molar-refractivity contribution >= 4 is 6.03 Å². The molecule has 0 radical (unpaired) electrons. The summed E-state index contributed by atoms with van der Waals surface area (Å²) < 4.78 is 0. The van der Waals surface area contributed by atoms with Crippen LogP contribution in [0.2, 0.25) is 0 Å². The van der Waals surface area contributed by atoms with Gasteiger partial charge in [0, 0.05) is 19.6 Å². The normalized spacial score (nSPS) is 15.8. The van der Waals surface area contributed by atoms with Crippen molar-refractivity contribution in [1.82, 2.24) is 10.2 Å². The van der Waals surface area contributed by atoms with Crippen molar-refractivity contribution in [2.24, 2.45) is 5.92 Å². The first kappa shape index (κ1) is 15.8. The molecule has 0 aromatic heterocycles. The van der Waals surface area contributed by atoms with Gasteiger partial charge in [-0.15, -0.1) is 13.2 Å². The molecule has 0 aromatic rings. The van der Waals surface area contributed by atoms with Crippen LogP contribution in [0, 0.1) is 5.92 Å². The van der Waals surface area contributed by atoms with Gasteiger partial charge in [-0.05, 0) is 18.8 Å². The molecular formula is C16H28N2O. The Morgan fingerprint density at radius 1 is 1.16 bits per heavy atom. The van der Waals surface area contributed by atoms with E-state index < -0.39 is 0 Å². The molecule has 1 rings (SSSR count). The van der Waals surface area contributed by atoms with E-state index in [9.17, 15) is 4.79 Å². The lowest BCUT2D eigenvalue weighted by Crippen LogP contribution is -2.40. The zero-order valence-corrected chi connectivity index (χ0v) is 12.1. The molecule has 1 fully saturated rings. The molecule has 0 bridgehead atoms. The van der Waals surface area contributed by atoms with Crippen molar-refractivity contribution < 1.29 is 4.79 Å². The Labute approximate surface area is 117 Å². The molecule has 1 aliphatic carbocycles. The molecule has 0 saturated heterocycles. The van der Waals surface area contributed by atoms with Crippen LogP contribution in [0.15, 0.2) is 25.3 Å². The summed E-state index contributed by atoms with van der Waals surface area (Å²) in [5.41, 5.74) is 0. The number of urea groups is 1. The Bertz CT molecular complexity index is 272. The van der Waals surface area contributed by atoms with Gasteiger partial charge in [0.15, 0.2) is 0 Å². The number of nitrogens with zero attached hydrogens (tertiary/aromatic N) is 1. The molecule has 3 heteroatoms. The maximum atomic E-state index is 11.9. The summed E-state index contributed by atoms with van der Waals surface area (Å²) >= 11 is 0. The molecule has 0 aromatic carbocycles. The van der Waals surface area contributed by atoms with Gasteiger partial charge in [-0.3, -0.25) is 0 Å². The van der Waals surface area contributed by atoms with Crippen molar-refractivity contribution in [2.75, 3.05) is 19.6 Å². The quantitative estimate of drug-likeness (QED) is 0.526. The molecule has 2 amide bonds. The van der Waals surface area contributed by atoms with Crippen LogP contribution in [0.3, 0.4) is 0 Å². The van der Waals surface area contributed by atoms with Crippen LogP contribution in [0.4, 0.5) is 4.79 Å². The minimum absolute atomic E-state index is 0.0107. The molecule has 0 spiro atoms. The molecule has 0 heterocycles. The number of hydrogen-bond donors (Lipinski definition) is 1. The number of hydrogen-bond acceptors (Lipinski definition) is 1. The summed E-state index contributed by atoms with van der Waals surface area (Å²) in [5, 5.41) is 2.98. The summed E-state index contributed by atoms with van der Waals surface area (Å²) in [6.07, 6.45) is 12.8. The predicted molar refractivity (Wildman–Crippen MR) is 81.2 cm³/mol. The van der Waals surface area contributed by atoms with E-state index in [0.29, 0.717) is 13.1 Å². The molecule has 108 valence electrons. The lowest BCUT2D eigenvalue weighted by Gasteiger charge is -2.22. The third-order valence-electron chi connectivity index (χ3n) is 3.78. The van der Waals surface area contributed by atoms with E-state index in [0.717, 1.165) is 18.9 Å². The van der Waals surface area contributed by atoms with Gasteiger partial charge >= 0.3 is 6.03 Å². The van der Waals surface area contributed by atoms with Gasteiger partial charge in [0.05, 0.1) is 0 Å². The second-order valence-corrected chi connectivity index (χ2v) is 5.36. The molecule has 0 atom stereocenters. The first-order valence-corrected chi connectivity index (χ1v) is 7.52. The van der Waals surface area contributed by atoms with Crippen molar-refractivity contribution in [3.05, 3.63) is 25.3 Å². The van der Waals surface area contributed by atoms with Crippen LogP contribution in [-0.4, -0.2) is 30.6 Å². The smallest absolute Gasteiger partial charge is 0.317 e. The van der Waals surface area contributed by atoms with E-state index in [4.69, 9.17) is 0 Å². The van der Waals surface area contributed by atoms with Crippen LogP contribution in [0.5, 0.6) is 0 Å². The number of carbonyl (C=O) groups excluding carboxylic acids is 1. The molecule has 0 unspecified atom stereocenters. The number of carbonyl (C=O) groups is 1. The molecule has 0 aliphatic heterocycles. The maximum absolute atomic E-state index is 11.9. The van der Waals surface area contributed by atoms with Gasteiger partial charge in [-0.1, -0.05) is 44.3 Å². The van der Waals surface area contributed by atoms with E-state index in [1.165, 1.54) is 38.5 Å². The van der Waals surface area contributed by atoms with E-state index in [-0.39, 0.29) is 6.03 Å². The van der Waals surface area contributed by atoms with E-state index in [1.54, 1.807) is 17.1 Å².